The summed E-state index contributed by atoms with van der Waals surface area (Å²) in [6, 6.07) is 2.10. The van der Waals surface area contributed by atoms with E-state index in [1.54, 1.807) is 0 Å². The zero-order chi connectivity index (χ0) is 9.78. The molecule has 0 bridgehead atoms. The summed E-state index contributed by atoms with van der Waals surface area (Å²) in [4.78, 5) is 0. The molecule has 74 valence electrons. The first-order chi connectivity index (χ1) is 6.41. The maximum absolute atomic E-state index is 8.25. The lowest BCUT2D eigenvalue weighted by molar-refractivity contribution is 0.140. The molecular weight excluding hydrogens is 164 g/mol. The maximum atomic E-state index is 8.25. The van der Waals surface area contributed by atoms with Gasteiger partial charge in [0.15, 0.2) is 0 Å². The van der Waals surface area contributed by atoms with Crippen LogP contribution < -0.4 is 5.32 Å². The molecule has 0 fully saturated rings. The predicted octanol–water partition coefficient (Wildman–Crippen LogP) is 1.47. The monoisotopic (exact) mass is 182 g/mol. The molecule has 0 aromatic rings. The summed E-state index contributed by atoms with van der Waals surface area (Å²) in [5.41, 5.74) is 0. The van der Waals surface area contributed by atoms with Gasteiger partial charge in [-0.25, -0.2) is 0 Å². The zero-order valence-corrected chi connectivity index (χ0v) is 8.09. The summed E-state index contributed by atoms with van der Waals surface area (Å²) in [5.74, 6) is 0. The van der Waals surface area contributed by atoms with Gasteiger partial charge in [-0.2, -0.15) is 5.26 Å². The topological polar surface area (TPSA) is 45.0 Å². The number of rotatable bonds is 9. The second-order valence-corrected chi connectivity index (χ2v) is 2.70. The Labute approximate surface area is 80.4 Å². The van der Waals surface area contributed by atoms with Gasteiger partial charge in [-0.1, -0.05) is 6.08 Å². The van der Waals surface area contributed by atoms with Gasteiger partial charge in [0, 0.05) is 13.0 Å². The van der Waals surface area contributed by atoms with Crippen molar-refractivity contribution in [3.05, 3.63) is 12.7 Å². The number of nitrogens with one attached hydrogen (secondary N) is 1. The number of ether oxygens (including phenoxy) is 1. The molecule has 0 atom stereocenters. The molecule has 0 heterocycles. The third kappa shape index (κ3) is 11.1. The molecule has 0 aromatic heterocycles. The van der Waals surface area contributed by atoms with E-state index in [0.29, 0.717) is 6.42 Å². The molecule has 0 aromatic carbocycles. The van der Waals surface area contributed by atoms with Crippen molar-refractivity contribution in [2.24, 2.45) is 0 Å². The van der Waals surface area contributed by atoms with Gasteiger partial charge in [0.2, 0.25) is 0 Å². The minimum atomic E-state index is 0.629. The zero-order valence-electron chi connectivity index (χ0n) is 8.09. The second kappa shape index (κ2) is 11.2. The summed E-state index contributed by atoms with van der Waals surface area (Å²) < 4.78 is 5.28. The molecule has 0 unspecified atom stereocenters. The van der Waals surface area contributed by atoms with Crippen LogP contribution in [0.15, 0.2) is 12.7 Å². The van der Waals surface area contributed by atoms with E-state index in [9.17, 15) is 0 Å². The Morgan fingerprint density at radius 3 is 2.92 bits per heavy atom. The van der Waals surface area contributed by atoms with Crippen molar-refractivity contribution in [3.63, 3.8) is 0 Å². The minimum Gasteiger partial charge on any atom is -0.380 e. The molecule has 0 rings (SSSR count). The van der Waals surface area contributed by atoms with E-state index in [2.05, 4.69) is 18.0 Å². The first kappa shape index (κ1) is 12.2. The average Bonchev–Trinajstić information content (AvgIpc) is 2.16. The molecular formula is C10H18N2O. The molecule has 3 nitrogen and oxygen atoms in total. The molecule has 0 spiro atoms. The highest BCUT2D eigenvalue weighted by Crippen LogP contribution is 1.84. The number of hydrogen-bond donors (Lipinski definition) is 1. The summed E-state index contributed by atoms with van der Waals surface area (Å²) in [6.07, 6.45) is 4.31. The molecule has 0 aliphatic rings. The largest absolute Gasteiger partial charge is 0.380 e. The Kier molecular flexibility index (Phi) is 10.4. The Balaban J connectivity index is 2.84. The summed E-state index contributed by atoms with van der Waals surface area (Å²) >= 11 is 0. The smallest absolute Gasteiger partial charge is 0.0622 e. The number of nitriles is 1. The first-order valence-electron chi connectivity index (χ1n) is 4.68. The van der Waals surface area contributed by atoms with Crippen LogP contribution in [0.5, 0.6) is 0 Å². The average molecular weight is 182 g/mol. The fourth-order valence-corrected chi connectivity index (χ4v) is 0.831. The van der Waals surface area contributed by atoms with Crippen LogP contribution >= 0.6 is 0 Å². The van der Waals surface area contributed by atoms with Gasteiger partial charge in [0.25, 0.3) is 0 Å². The molecule has 13 heavy (non-hydrogen) atoms. The van der Waals surface area contributed by atoms with Gasteiger partial charge >= 0.3 is 0 Å². The van der Waals surface area contributed by atoms with Crippen molar-refractivity contribution in [2.75, 3.05) is 26.3 Å². The van der Waals surface area contributed by atoms with E-state index in [1.807, 2.05) is 6.08 Å². The standard InChI is InChI=1S/C10H18N2O/c1-2-3-9-13-10-8-12-7-5-4-6-11/h2,12H,1,3-5,7-10H2. The molecule has 3 heteroatoms. The Bertz CT molecular complexity index is 151. The number of nitrogens with zero attached hydrogens (tertiary/aromatic N) is 1. The van der Waals surface area contributed by atoms with Crippen LogP contribution in [0.2, 0.25) is 0 Å². The van der Waals surface area contributed by atoms with Crippen LogP contribution in [0.25, 0.3) is 0 Å². The van der Waals surface area contributed by atoms with Crippen LogP contribution in [0.3, 0.4) is 0 Å². The molecule has 0 radical (unpaired) electrons. The first-order valence-corrected chi connectivity index (χ1v) is 4.68. The van der Waals surface area contributed by atoms with Crippen LogP contribution in [0, 0.1) is 11.3 Å². The van der Waals surface area contributed by atoms with E-state index in [-0.39, 0.29) is 0 Å². The lowest BCUT2D eigenvalue weighted by atomic mass is 10.3. The Morgan fingerprint density at radius 2 is 2.23 bits per heavy atom. The summed E-state index contributed by atoms with van der Waals surface area (Å²) in [5, 5.41) is 11.4. The van der Waals surface area contributed by atoms with Crippen LogP contribution in [0.1, 0.15) is 19.3 Å². The molecule has 0 saturated carbocycles. The van der Waals surface area contributed by atoms with Gasteiger partial charge in [-0.15, -0.1) is 6.58 Å². The second-order valence-electron chi connectivity index (χ2n) is 2.70. The quantitative estimate of drug-likeness (QED) is 0.434. The highest BCUT2D eigenvalue weighted by Gasteiger charge is 1.88. The van der Waals surface area contributed by atoms with Gasteiger partial charge in [0.1, 0.15) is 0 Å². The van der Waals surface area contributed by atoms with Crippen molar-refractivity contribution in [1.82, 2.24) is 5.32 Å². The van der Waals surface area contributed by atoms with E-state index in [4.69, 9.17) is 10.00 Å². The van der Waals surface area contributed by atoms with E-state index < -0.39 is 0 Å². The lowest BCUT2D eigenvalue weighted by Gasteiger charge is -2.03. The fourth-order valence-electron chi connectivity index (χ4n) is 0.831. The molecule has 1 N–H and O–H groups in total. The molecule has 0 amide bonds. The predicted molar refractivity (Wildman–Crippen MR) is 53.3 cm³/mol. The Hall–Kier alpha value is -0.850. The molecule has 0 aliphatic heterocycles. The van der Waals surface area contributed by atoms with Gasteiger partial charge in [0.05, 0.1) is 19.3 Å². The fraction of sp³-hybridized carbons (Fsp3) is 0.700. The van der Waals surface area contributed by atoms with Crippen LogP contribution in [-0.4, -0.2) is 26.3 Å². The number of unbranched alkanes of at least 4 members (excludes halogenated alkanes) is 1. The third-order valence-electron chi connectivity index (χ3n) is 1.53. The van der Waals surface area contributed by atoms with Crippen LogP contribution in [-0.2, 0) is 4.74 Å². The van der Waals surface area contributed by atoms with Crippen molar-refractivity contribution in [1.29, 1.82) is 5.26 Å². The van der Waals surface area contributed by atoms with Gasteiger partial charge < -0.3 is 10.1 Å². The van der Waals surface area contributed by atoms with Crippen molar-refractivity contribution in [3.8, 4) is 6.07 Å². The van der Waals surface area contributed by atoms with Gasteiger partial charge in [-0.05, 0) is 19.4 Å². The van der Waals surface area contributed by atoms with E-state index in [0.717, 1.165) is 39.1 Å². The van der Waals surface area contributed by atoms with Crippen molar-refractivity contribution in [2.45, 2.75) is 19.3 Å². The lowest BCUT2D eigenvalue weighted by Crippen LogP contribution is -2.20. The SMILES string of the molecule is C=CCCOCCNCCCC#N. The maximum Gasteiger partial charge on any atom is 0.0622 e. The van der Waals surface area contributed by atoms with Gasteiger partial charge in [-0.3, -0.25) is 0 Å². The number of hydrogen-bond acceptors (Lipinski definition) is 3. The summed E-state index contributed by atoms with van der Waals surface area (Å²) in [7, 11) is 0. The third-order valence-corrected chi connectivity index (χ3v) is 1.53. The highest BCUT2D eigenvalue weighted by atomic mass is 16.5. The Morgan fingerprint density at radius 1 is 1.38 bits per heavy atom. The van der Waals surface area contributed by atoms with Crippen molar-refractivity contribution >= 4 is 0 Å². The molecule has 0 aliphatic carbocycles. The van der Waals surface area contributed by atoms with Crippen molar-refractivity contribution < 1.29 is 4.74 Å². The van der Waals surface area contributed by atoms with E-state index >= 15 is 0 Å². The van der Waals surface area contributed by atoms with Crippen LogP contribution in [0.4, 0.5) is 0 Å². The highest BCUT2D eigenvalue weighted by molar-refractivity contribution is 4.68. The summed E-state index contributed by atoms with van der Waals surface area (Å²) in [6.45, 7) is 6.86. The molecule has 0 saturated heterocycles. The van der Waals surface area contributed by atoms with E-state index in [1.165, 1.54) is 0 Å². The minimum absolute atomic E-state index is 0.629. The normalized spacial score (nSPS) is 9.46.